The number of halogens is 3. The number of benzene rings is 1. The van der Waals surface area contributed by atoms with E-state index in [2.05, 4.69) is 35.5 Å². The summed E-state index contributed by atoms with van der Waals surface area (Å²) in [6.07, 6.45) is 2.12. The number of methoxy groups -OCH3 is 1. The Morgan fingerprint density at radius 1 is 1.29 bits per heavy atom. The number of H-pyrrole nitrogens is 1. The summed E-state index contributed by atoms with van der Waals surface area (Å²) >= 11 is 0. The number of aromatic amines is 1. The molecule has 0 atom stereocenters. The molecule has 168 valence electrons. The first-order chi connectivity index (χ1) is 14.6. The average Bonchev–Trinajstić information content (AvgIpc) is 3.43. The van der Waals surface area contributed by atoms with Crippen LogP contribution in [0.15, 0.2) is 46.0 Å². The zero-order valence-electron chi connectivity index (χ0n) is 16.9. The van der Waals surface area contributed by atoms with Crippen LogP contribution in [0, 0.1) is 0 Å². The Bertz CT molecular complexity index is 965. The first kappa shape index (κ1) is 24.4. The predicted octanol–water partition coefficient (Wildman–Crippen LogP) is 3.20. The summed E-state index contributed by atoms with van der Waals surface area (Å²) in [4.78, 5) is 8.49. The van der Waals surface area contributed by atoms with E-state index in [9.17, 15) is 8.78 Å². The van der Waals surface area contributed by atoms with Gasteiger partial charge in [0.2, 0.25) is 5.82 Å². The fraction of sp³-hybridized carbons (Fsp3) is 0.316. The molecule has 0 fully saturated rings. The minimum absolute atomic E-state index is 0. The molecule has 12 heteroatoms. The first-order valence-corrected chi connectivity index (χ1v) is 9.10. The van der Waals surface area contributed by atoms with Gasteiger partial charge in [-0.25, -0.2) is 4.98 Å². The van der Waals surface area contributed by atoms with Crippen LogP contribution in [0.2, 0.25) is 0 Å². The average molecular weight is 548 g/mol. The van der Waals surface area contributed by atoms with Gasteiger partial charge in [0.15, 0.2) is 11.7 Å². The van der Waals surface area contributed by atoms with Crippen LogP contribution in [-0.2, 0) is 13.0 Å². The molecular weight excluding hydrogens is 525 g/mol. The molecule has 3 aromatic rings. The molecule has 0 amide bonds. The van der Waals surface area contributed by atoms with Crippen LogP contribution in [-0.4, -0.2) is 48.5 Å². The highest BCUT2D eigenvalue weighted by atomic mass is 127. The topological polar surface area (TPSA) is 110 Å². The molecule has 0 aliphatic heterocycles. The van der Waals surface area contributed by atoms with Crippen molar-refractivity contribution < 1.29 is 22.7 Å². The van der Waals surface area contributed by atoms with Crippen molar-refractivity contribution in [3.8, 4) is 23.1 Å². The molecule has 0 spiro atoms. The van der Waals surface area contributed by atoms with Crippen LogP contribution in [0.5, 0.6) is 11.5 Å². The number of hydrogen-bond acceptors (Lipinski definition) is 6. The van der Waals surface area contributed by atoms with Crippen molar-refractivity contribution in [1.82, 2.24) is 25.8 Å². The van der Waals surface area contributed by atoms with Crippen LogP contribution >= 0.6 is 24.0 Å². The van der Waals surface area contributed by atoms with E-state index in [1.54, 1.807) is 37.6 Å². The second kappa shape index (κ2) is 12.1. The predicted molar refractivity (Wildman–Crippen MR) is 121 cm³/mol. The Balaban J connectivity index is 0.00000341. The first-order valence-electron chi connectivity index (χ1n) is 9.10. The zero-order valence-corrected chi connectivity index (χ0v) is 19.2. The van der Waals surface area contributed by atoms with E-state index in [0.717, 1.165) is 0 Å². The summed E-state index contributed by atoms with van der Waals surface area (Å²) in [5.41, 5.74) is 0.510. The highest BCUT2D eigenvalue weighted by molar-refractivity contribution is 14.0. The van der Waals surface area contributed by atoms with Gasteiger partial charge < -0.3 is 24.5 Å². The largest absolute Gasteiger partial charge is 0.497 e. The summed E-state index contributed by atoms with van der Waals surface area (Å²) < 4.78 is 40.3. The van der Waals surface area contributed by atoms with E-state index >= 15 is 0 Å². The Kier molecular flexibility index (Phi) is 9.49. The Hall–Kier alpha value is -2.90. The van der Waals surface area contributed by atoms with Gasteiger partial charge in [0.1, 0.15) is 17.3 Å². The quantitative estimate of drug-likeness (QED) is 0.214. The fourth-order valence-corrected chi connectivity index (χ4v) is 2.65. The number of nitrogens with one attached hydrogen (secondary N) is 3. The summed E-state index contributed by atoms with van der Waals surface area (Å²) in [6, 6.07) is 8.17. The van der Waals surface area contributed by atoms with E-state index in [1.807, 2.05) is 0 Å². The van der Waals surface area contributed by atoms with Crippen molar-refractivity contribution in [1.29, 1.82) is 0 Å². The van der Waals surface area contributed by atoms with Gasteiger partial charge in [-0.15, -0.1) is 24.0 Å². The molecule has 2 aromatic heterocycles. The zero-order chi connectivity index (χ0) is 21.3. The number of rotatable bonds is 9. The van der Waals surface area contributed by atoms with Crippen LogP contribution in [0.4, 0.5) is 8.78 Å². The molecule has 0 saturated carbocycles. The number of furan rings is 1. The van der Waals surface area contributed by atoms with Crippen molar-refractivity contribution in [2.24, 2.45) is 4.99 Å². The molecule has 1 aromatic carbocycles. The molecule has 31 heavy (non-hydrogen) atoms. The highest BCUT2D eigenvalue weighted by Gasteiger charge is 2.12. The number of aliphatic imine (C=N–C) groups is 1. The summed E-state index contributed by atoms with van der Waals surface area (Å²) in [6.45, 7) is -2.18. The maximum absolute atomic E-state index is 12.6. The lowest BCUT2D eigenvalue weighted by molar-refractivity contribution is -0.0504. The maximum Gasteiger partial charge on any atom is 0.387 e. The molecule has 3 N–H and O–H groups in total. The number of hydrogen-bond donors (Lipinski definition) is 3. The molecule has 0 unspecified atom stereocenters. The summed E-state index contributed by atoms with van der Waals surface area (Å²) in [7, 11) is 3.11. The normalized spacial score (nSPS) is 11.2. The maximum atomic E-state index is 12.6. The molecule has 0 saturated heterocycles. The van der Waals surface area contributed by atoms with Gasteiger partial charge in [-0.3, -0.25) is 10.1 Å². The third-order valence-corrected chi connectivity index (χ3v) is 4.08. The van der Waals surface area contributed by atoms with Crippen molar-refractivity contribution in [2.75, 3.05) is 20.7 Å². The lowest BCUT2D eigenvalue weighted by Gasteiger charge is -2.15. The van der Waals surface area contributed by atoms with Crippen LogP contribution in [0.25, 0.3) is 11.6 Å². The molecular formula is C19H23F2IN6O3. The summed E-state index contributed by atoms with van der Waals surface area (Å²) in [5.74, 6) is 2.86. The van der Waals surface area contributed by atoms with Crippen molar-refractivity contribution >= 4 is 29.9 Å². The standard InChI is InChI=1S/C19H22F2N6O3.HI/c1-22-19(23-8-7-16-25-17(27-26-16)15-4-3-9-29-15)24-11-12-10-13(28-2)5-6-14(12)30-18(20)21;/h3-6,9-10,18H,7-8,11H2,1-2H3,(H2,22,23,24)(H,25,26,27);1H. The van der Waals surface area contributed by atoms with Crippen LogP contribution in [0.1, 0.15) is 11.4 Å². The van der Waals surface area contributed by atoms with E-state index in [4.69, 9.17) is 9.15 Å². The number of guanidine groups is 1. The second-order valence-electron chi connectivity index (χ2n) is 6.04. The lowest BCUT2D eigenvalue weighted by atomic mass is 10.2. The van der Waals surface area contributed by atoms with Gasteiger partial charge in [0, 0.05) is 32.1 Å². The molecule has 0 radical (unpaired) electrons. The Morgan fingerprint density at radius 3 is 2.81 bits per heavy atom. The van der Waals surface area contributed by atoms with Gasteiger partial charge >= 0.3 is 6.61 Å². The monoisotopic (exact) mass is 548 g/mol. The van der Waals surface area contributed by atoms with Crippen molar-refractivity contribution in [3.05, 3.63) is 48.0 Å². The SMILES string of the molecule is CN=C(NCCc1nc(-c2ccco2)n[nH]1)NCc1cc(OC)ccc1OC(F)F.I. The smallest absolute Gasteiger partial charge is 0.387 e. The fourth-order valence-electron chi connectivity index (χ4n) is 2.65. The van der Waals surface area contributed by atoms with Crippen LogP contribution < -0.4 is 20.1 Å². The Labute approximate surface area is 194 Å². The van der Waals surface area contributed by atoms with Gasteiger partial charge in [0.05, 0.1) is 13.4 Å². The second-order valence-corrected chi connectivity index (χ2v) is 6.04. The summed E-state index contributed by atoms with van der Waals surface area (Å²) in [5, 5.41) is 13.2. The van der Waals surface area contributed by atoms with Gasteiger partial charge in [-0.05, 0) is 30.3 Å². The number of ether oxygens (including phenoxy) is 2. The molecule has 0 aliphatic carbocycles. The van der Waals surface area contributed by atoms with E-state index in [1.165, 1.54) is 13.2 Å². The molecule has 3 rings (SSSR count). The van der Waals surface area contributed by atoms with E-state index in [-0.39, 0.29) is 36.3 Å². The van der Waals surface area contributed by atoms with Gasteiger partial charge in [-0.2, -0.15) is 13.9 Å². The van der Waals surface area contributed by atoms with Crippen molar-refractivity contribution in [2.45, 2.75) is 19.6 Å². The molecule has 0 bridgehead atoms. The molecule has 2 heterocycles. The lowest BCUT2D eigenvalue weighted by Crippen LogP contribution is -2.38. The van der Waals surface area contributed by atoms with E-state index < -0.39 is 6.61 Å². The third kappa shape index (κ3) is 7.08. The van der Waals surface area contributed by atoms with Gasteiger partial charge in [-0.1, -0.05) is 0 Å². The van der Waals surface area contributed by atoms with Crippen molar-refractivity contribution in [3.63, 3.8) is 0 Å². The number of nitrogens with zero attached hydrogens (tertiary/aromatic N) is 3. The highest BCUT2D eigenvalue weighted by Crippen LogP contribution is 2.25. The molecule has 9 nitrogen and oxygen atoms in total. The number of alkyl halides is 2. The number of aromatic nitrogens is 3. The minimum atomic E-state index is -2.91. The van der Waals surface area contributed by atoms with Crippen LogP contribution in [0.3, 0.4) is 0 Å². The van der Waals surface area contributed by atoms with E-state index in [0.29, 0.717) is 47.6 Å². The molecule has 0 aliphatic rings. The minimum Gasteiger partial charge on any atom is -0.497 e. The van der Waals surface area contributed by atoms with Gasteiger partial charge in [0.25, 0.3) is 0 Å². The third-order valence-electron chi connectivity index (χ3n) is 4.08. The Morgan fingerprint density at radius 2 is 2.13 bits per heavy atom.